The number of alkyl halides is 3. The molecular formula is C20H16ClF4N3O3. The predicted octanol–water partition coefficient (Wildman–Crippen LogP) is 5.14. The van der Waals surface area contributed by atoms with Crippen molar-refractivity contribution >= 4 is 17.7 Å². The minimum atomic E-state index is -4.80. The first-order chi connectivity index (χ1) is 14.6. The van der Waals surface area contributed by atoms with E-state index in [0.717, 1.165) is 34.8 Å². The van der Waals surface area contributed by atoms with Crippen molar-refractivity contribution in [2.75, 3.05) is 7.11 Å². The lowest BCUT2D eigenvalue weighted by molar-refractivity contribution is -0.146. The first-order valence-corrected chi connectivity index (χ1v) is 9.57. The van der Waals surface area contributed by atoms with Crippen LogP contribution in [0, 0.1) is 5.82 Å². The van der Waals surface area contributed by atoms with E-state index in [-0.39, 0.29) is 40.2 Å². The monoisotopic (exact) mass is 457 g/mol. The highest BCUT2D eigenvalue weighted by molar-refractivity contribution is 6.33. The molecule has 0 amide bonds. The van der Waals surface area contributed by atoms with E-state index in [4.69, 9.17) is 16.3 Å². The van der Waals surface area contributed by atoms with Crippen molar-refractivity contribution in [3.8, 4) is 22.4 Å². The Morgan fingerprint density at radius 1 is 1.32 bits per heavy atom. The van der Waals surface area contributed by atoms with Gasteiger partial charge in [-0.05, 0) is 31.0 Å². The molecule has 1 aliphatic rings. The fraction of sp³-hybridized carbons (Fsp3) is 0.300. The summed E-state index contributed by atoms with van der Waals surface area (Å²) in [5.41, 5.74) is -1.59. The zero-order valence-electron chi connectivity index (χ0n) is 16.0. The van der Waals surface area contributed by atoms with Crippen LogP contribution in [-0.4, -0.2) is 38.8 Å². The van der Waals surface area contributed by atoms with Gasteiger partial charge in [-0.2, -0.15) is 18.3 Å². The standard InChI is InChI=1S/C20H16ClF4N3O3/c1-31-19(30)27-9-10(17-14(21)3-2-4-15(17)22)5-16(27)13-8-26-28(11-6-12(29)7-11)18(13)20(23,24)25/h2-5,8-9,11-12,29H,6-7H2,1H3. The number of aliphatic hydroxyl groups excluding tert-OH is 1. The number of benzene rings is 1. The van der Waals surface area contributed by atoms with E-state index in [2.05, 4.69) is 5.10 Å². The molecule has 2 heterocycles. The predicted molar refractivity (Wildman–Crippen MR) is 103 cm³/mol. The molecule has 11 heteroatoms. The molecular weight excluding hydrogens is 442 g/mol. The Hall–Kier alpha value is -2.85. The summed E-state index contributed by atoms with van der Waals surface area (Å²) in [6.45, 7) is 0. The van der Waals surface area contributed by atoms with Crippen molar-refractivity contribution in [3.05, 3.63) is 53.2 Å². The van der Waals surface area contributed by atoms with Crippen molar-refractivity contribution in [2.45, 2.75) is 31.2 Å². The Bertz CT molecular complexity index is 1130. The molecule has 0 aliphatic heterocycles. The molecule has 31 heavy (non-hydrogen) atoms. The number of aliphatic hydroxyl groups is 1. The third kappa shape index (κ3) is 3.70. The van der Waals surface area contributed by atoms with Crippen LogP contribution in [0.4, 0.5) is 22.4 Å². The van der Waals surface area contributed by atoms with Gasteiger partial charge in [-0.1, -0.05) is 17.7 Å². The molecule has 4 rings (SSSR count). The van der Waals surface area contributed by atoms with Gasteiger partial charge in [0.25, 0.3) is 0 Å². The van der Waals surface area contributed by atoms with Crippen LogP contribution < -0.4 is 0 Å². The topological polar surface area (TPSA) is 69.3 Å². The summed E-state index contributed by atoms with van der Waals surface area (Å²) in [5.74, 6) is -0.698. The Balaban J connectivity index is 1.92. The molecule has 2 aromatic heterocycles. The Labute approximate surface area is 178 Å². The maximum atomic E-state index is 14.4. The van der Waals surface area contributed by atoms with Crippen molar-refractivity contribution < 1.29 is 32.2 Å². The lowest BCUT2D eigenvalue weighted by atomic mass is 9.89. The molecule has 164 valence electrons. The van der Waals surface area contributed by atoms with Crippen molar-refractivity contribution in [1.82, 2.24) is 14.3 Å². The molecule has 0 unspecified atom stereocenters. The van der Waals surface area contributed by atoms with Gasteiger partial charge in [-0.15, -0.1) is 0 Å². The Kier molecular flexibility index (Phi) is 5.30. The highest BCUT2D eigenvalue weighted by atomic mass is 35.5. The van der Waals surface area contributed by atoms with Crippen LogP contribution >= 0.6 is 11.6 Å². The number of methoxy groups -OCH3 is 1. The Morgan fingerprint density at radius 3 is 2.61 bits per heavy atom. The van der Waals surface area contributed by atoms with Gasteiger partial charge in [0.05, 0.1) is 36.2 Å². The maximum Gasteiger partial charge on any atom is 0.433 e. The zero-order valence-corrected chi connectivity index (χ0v) is 16.8. The molecule has 0 radical (unpaired) electrons. The summed E-state index contributed by atoms with van der Waals surface area (Å²) in [6.07, 6.45) is -4.02. The van der Waals surface area contributed by atoms with Gasteiger partial charge in [0, 0.05) is 22.9 Å². The maximum absolute atomic E-state index is 14.4. The van der Waals surface area contributed by atoms with E-state index < -0.39 is 35.9 Å². The van der Waals surface area contributed by atoms with Gasteiger partial charge in [0.1, 0.15) is 5.82 Å². The van der Waals surface area contributed by atoms with E-state index in [1.165, 1.54) is 18.2 Å². The summed E-state index contributed by atoms with van der Waals surface area (Å²) in [6, 6.07) is 4.57. The minimum Gasteiger partial charge on any atom is -0.452 e. The van der Waals surface area contributed by atoms with E-state index in [9.17, 15) is 27.5 Å². The number of carbonyl (C=O) groups is 1. The van der Waals surface area contributed by atoms with Gasteiger partial charge < -0.3 is 9.84 Å². The average Bonchev–Trinajstić information content (AvgIpc) is 3.29. The summed E-state index contributed by atoms with van der Waals surface area (Å²) >= 11 is 6.09. The number of halogens is 5. The SMILES string of the molecule is COC(=O)n1cc(-c2c(F)cccc2Cl)cc1-c1cnn(C2CC(O)C2)c1C(F)(F)F. The van der Waals surface area contributed by atoms with Crippen LogP contribution in [0.2, 0.25) is 5.02 Å². The third-order valence-corrected chi connectivity index (χ3v) is 5.53. The fourth-order valence-corrected chi connectivity index (χ4v) is 3.97. The van der Waals surface area contributed by atoms with E-state index in [0.29, 0.717) is 0 Å². The van der Waals surface area contributed by atoms with Crippen molar-refractivity contribution in [1.29, 1.82) is 0 Å². The van der Waals surface area contributed by atoms with Gasteiger partial charge >= 0.3 is 12.3 Å². The second-order valence-electron chi connectivity index (χ2n) is 7.18. The minimum absolute atomic E-state index is 0.0313. The molecule has 3 aromatic rings. The number of aromatic nitrogens is 3. The first kappa shape index (κ1) is 21.4. The molecule has 0 atom stereocenters. The smallest absolute Gasteiger partial charge is 0.433 e. The fourth-order valence-electron chi connectivity index (χ4n) is 3.70. The lowest BCUT2D eigenvalue weighted by Gasteiger charge is -2.33. The summed E-state index contributed by atoms with van der Waals surface area (Å²) in [5, 5.41) is 13.4. The highest BCUT2D eigenvalue weighted by Gasteiger charge is 2.43. The van der Waals surface area contributed by atoms with Crippen molar-refractivity contribution in [3.63, 3.8) is 0 Å². The Morgan fingerprint density at radius 2 is 2.03 bits per heavy atom. The number of hydrogen-bond donors (Lipinski definition) is 1. The highest BCUT2D eigenvalue weighted by Crippen LogP contribution is 2.44. The van der Waals surface area contributed by atoms with E-state index in [1.54, 1.807) is 0 Å². The molecule has 0 bridgehead atoms. The number of hydrogen-bond acceptors (Lipinski definition) is 4. The summed E-state index contributed by atoms with van der Waals surface area (Å²) in [7, 11) is 1.08. The zero-order chi connectivity index (χ0) is 22.5. The van der Waals surface area contributed by atoms with Gasteiger partial charge in [-0.3, -0.25) is 9.25 Å². The number of nitrogens with zero attached hydrogens (tertiary/aromatic N) is 3. The molecule has 1 aromatic carbocycles. The molecule has 6 nitrogen and oxygen atoms in total. The molecule has 0 spiro atoms. The molecule has 0 saturated heterocycles. The quantitative estimate of drug-likeness (QED) is 0.553. The van der Waals surface area contributed by atoms with Crippen molar-refractivity contribution in [2.24, 2.45) is 0 Å². The van der Waals surface area contributed by atoms with Crippen LogP contribution in [0.5, 0.6) is 0 Å². The first-order valence-electron chi connectivity index (χ1n) is 9.20. The second-order valence-corrected chi connectivity index (χ2v) is 7.59. The van der Waals surface area contributed by atoms with Gasteiger partial charge in [0.2, 0.25) is 0 Å². The summed E-state index contributed by atoms with van der Waals surface area (Å²) < 4.78 is 62.7. The van der Waals surface area contributed by atoms with E-state index in [1.807, 2.05) is 0 Å². The number of carbonyl (C=O) groups excluding carboxylic acids is 1. The molecule has 1 saturated carbocycles. The van der Waals surface area contributed by atoms with Crippen LogP contribution in [0.1, 0.15) is 24.6 Å². The molecule has 1 aliphatic carbocycles. The van der Waals surface area contributed by atoms with Gasteiger partial charge in [0.15, 0.2) is 5.69 Å². The van der Waals surface area contributed by atoms with Crippen LogP contribution in [0.15, 0.2) is 36.7 Å². The number of ether oxygens (including phenoxy) is 1. The summed E-state index contributed by atoms with van der Waals surface area (Å²) in [4.78, 5) is 12.3. The van der Waals surface area contributed by atoms with Crippen LogP contribution in [0.3, 0.4) is 0 Å². The second kappa shape index (κ2) is 7.69. The van der Waals surface area contributed by atoms with Gasteiger partial charge in [-0.25, -0.2) is 9.18 Å². The molecule has 1 N–H and O–H groups in total. The largest absolute Gasteiger partial charge is 0.452 e. The van der Waals surface area contributed by atoms with E-state index >= 15 is 0 Å². The normalized spacial score (nSPS) is 18.7. The van der Waals surface area contributed by atoms with Crippen LogP contribution in [-0.2, 0) is 10.9 Å². The average molecular weight is 458 g/mol. The van der Waals surface area contributed by atoms with Crippen LogP contribution in [0.25, 0.3) is 22.4 Å². The third-order valence-electron chi connectivity index (χ3n) is 5.22. The number of rotatable bonds is 3. The lowest BCUT2D eigenvalue weighted by Crippen LogP contribution is -2.33. The molecule has 1 fully saturated rings.